The Hall–Kier alpha value is -1.15. The molecule has 8 heteroatoms. The summed E-state index contributed by atoms with van der Waals surface area (Å²) in [5.41, 5.74) is -1.68. The van der Waals surface area contributed by atoms with Gasteiger partial charge in [-0.25, -0.2) is 0 Å². The van der Waals surface area contributed by atoms with Crippen LogP contribution in [0.5, 0.6) is 0 Å². The van der Waals surface area contributed by atoms with Crippen LogP contribution in [0.2, 0.25) is 0 Å². The summed E-state index contributed by atoms with van der Waals surface area (Å²) in [7, 11) is 0. The Bertz CT molecular complexity index is 423. The number of hydrogen-bond donors (Lipinski definition) is 2. The van der Waals surface area contributed by atoms with Gasteiger partial charge in [0.1, 0.15) is 0 Å². The standard InChI is InChI=1S/C5H4N2O4S2/c8-2(9)1-12-5-6-3(10)4(11)7-13-5/h1H2,(H,7,11)(H,8,9). The normalized spacial score (nSPS) is 9.85. The zero-order chi connectivity index (χ0) is 9.84. The van der Waals surface area contributed by atoms with Gasteiger partial charge in [0.25, 0.3) is 0 Å². The number of carbonyl (C=O) groups is 1. The minimum atomic E-state index is -1.00. The highest BCUT2D eigenvalue weighted by Gasteiger charge is 2.03. The Labute approximate surface area is 79.8 Å². The summed E-state index contributed by atoms with van der Waals surface area (Å²) in [5, 5.41) is 8.30. The van der Waals surface area contributed by atoms with Crippen LogP contribution in [0.3, 0.4) is 0 Å². The van der Waals surface area contributed by atoms with Crippen LogP contribution in [-0.2, 0) is 4.79 Å². The molecule has 1 heterocycles. The van der Waals surface area contributed by atoms with E-state index in [4.69, 9.17) is 5.11 Å². The summed E-state index contributed by atoms with van der Waals surface area (Å²) in [6.07, 6.45) is 0. The lowest BCUT2D eigenvalue weighted by Crippen LogP contribution is -2.27. The molecule has 0 bridgehead atoms. The predicted molar refractivity (Wildman–Crippen MR) is 47.4 cm³/mol. The topological polar surface area (TPSA) is 100 Å². The van der Waals surface area contributed by atoms with Crippen molar-refractivity contribution in [1.29, 1.82) is 0 Å². The first-order chi connectivity index (χ1) is 6.09. The minimum absolute atomic E-state index is 0.186. The third-order valence-corrected chi connectivity index (χ3v) is 2.82. The van der Waals surface area contributed by atoms with Crippen LogP contribution >= 0.6 is 23.3 Å². The molecule has 1 rings (SSSR count). The van der Waals surface area contributed by atoms with Crippen molar-refractivity contribution in [2.75, 3.05) is 5.75 Å². The SMILES string of the molecule is O=C(O)CSc1nc(=O)c(=O)[nH]s1. The molecule has 70 valence electrons. The molecule has 0 aliphatic rings. The van der Waals surface area contributed by atoms with Crippen LogP contribution in [0.4, 0.5) is 0 Å². The number of carboxylic acid groups (broad SMARTS) is 1. The zero-order valence-corrected chi connectivity index (χ0v) is 7.78. The second kappa shape index (κ2) is 4.19. The molecule has 13 heavy (non-hydrogen) atoms. The summed E-state index contributed by atoms with van der Waals surface area (Å²) in [6, 6.07) is 0. The van der Waals surface area contributed by atoms with Crippen molar-refractivity contribution in [2.24, 2.45) is 0 Å². The lowest BCUT2D eigenvalue weighted by atomic mass is 10.8. The van der Waals surface area contributed by atoms with Crippen LogP contribution in [0, 0.1) is 0 Å². The first-order valence-electron chi connectivity index (χ1n) is 3.04. The van der Waals surface area contributed by atoms with E-state index in [1.165, 1.54) is 0 Å². The van der Waals surface area contributed by atoms with Gasteiger partial charge >= 0.3 is 17.1 Å². The van der Waals surface area contributed by atoms with Gasteiger partial charge in [0, 0.05) is 0 Å². The average molecular weight is 220 g/mol. The number of aromatic nitrogens is 2. The zero-order valence-electron chi connectivity index (χ0n) is 6.14. The van der Waals surface area contributed by atoms with Crippen molar-refractivity contribution in [1.82, 2.24) is 9.36 Å². The molecule has 1 aromatic rings. The Morgan fingerprint density at radius 2 is 2.31 bits per heavy atom. The van der Waals surface area contributed by atoms with Crippen LogP contribution in [0.25, 0.3) is 0 Å². The first kappa shape index (κ1) is 9.93. The summed E-state index contributed by atoms with van der Waals surface area (Å²) >= 11 is 1.74. The maximum atomic E-state index is 10.7. The summed E-state index contributed by atoms with van der Waals surface area (Å²) < 4.78 is 2.43. The molecule has 0 spiro atoms. The molecule has 0 atom stereocenters. The molecular weight excluding hydrogens is 216 g/mol. The first-order valence-corrected chi connectivity index (χ1v) is 4.84. The average Bonchev–Trinajstić information content (AvgIpc) is 2.07. The predicted octanol–water partition coefficient (Wildman–Crippen LogP) is -0.632. The van der Waals surface area contributed by atoms with Gasteiger partial charge < -0.3 is 5.11 Å². The molecule has 0 unspecified atom stereocenters. The molecule has 0 saturated heterocycles. The number of H-pyrrole nitrogens is 1. The number of aromatic amines is 1. The van der Waals surface area contributed by atoms with Crippen LogP contribution in [-0.4, -0.2) is 26.2 Å². The van der Waals surface area contributed by atoms with Crippen molar-refractivity contribution in [2.45, 2.75) is 4.34 Å². The molecule has 0 saturated carbocycles. The molecule has 0 aliphatic carbocycles. The van der Waals surface area contributed by atoms with Crippen LogP contribution < -0.4 is 11.1 Å². The fourth-order valence-corrected chi connectivity index (χ4v) is 1.80. The second-order valence-electron chi connectivity index (χ2n) is 1.90. The highest BCUT2D eigenvalue weighted by molar-refractivity contribution is 8.01. The van der Waals surface area contributed by atoms with Gasteiger partial charge in [-0.2, -0.15) is 4.98 Å². The number of thioether (sulfide) groups is 1. The van der Waals surface area contributed by atoms with Crippen molar-refractivity contribution in [3.8, 4) is 0 Å². The monoisotopic (exact) mass is 220 g/mol. The van der Waals surface area contributed by atoms with Crippen molar-refractivity contribution < 1.29 is 9.90 Å². The molecule has 1 aromatic heterocycles. The van der Waals surface area contributed by atoms with E-state index in [0.29, 0.717) is 0 Å². The largest absolute Gasteiger partial charge is 0.481 e. The molecular formula is C5H4N2O4S2. The number of rotatable bonds is 3. The summed E-state index contributed by atoms with van der Waals surface area (Å²) in [5.74, 6) is -1.19. The highest BCUT2D eigenvalue weighted by Crippen LogP contribution is 2.14. The van der Waals surface area contributed by atoms with Gasteiger partial charge in [0.05, 0.1) is 5.75 Å². The third-order valence-electron chi connectivity index (χ3n) is 0.937. The maximum Gasteiger partial charge on any atom is 0.338 e. The van der Waals surface area contributed by atoms with Crippen molar-refractivity contribution >= 4 is 29.3 Å². The smallest absolute Gasteiger partial charge is 0.338 e. The summed E-state index contributed by atoms with van der Waals surface area (Å²) in [4.78, 5) is 34.7. The molecule has 0 fully saturated rings. The molecule has 0 amide bonds. The maximum absolute atomic E-state index is 10.7. The third kappa shape index (κ3) is 2.99. The molecule has 0 radical (unpaired) electrons. The molecule has 6 nitrogen and oxygen atoms in total. The van der Waals surface area contributed by atoms with Crippen LogP contribution in [0.1, 0.15) is 0 Å². The van der Waals surface area contributed by atoms with E-state index in [1.54, 1.807) is 0 Å². The van der Waals surface area contributed by atoms with E-state index in [1.807, 2.05) is 0 Å². The highest BCUT2D eigenvalue weighted by atomic mass is 32.2. The lowest BCUT2D eigenvalue weighted by Gasteiger charge is -1.92. The fourth-order valence-electron chi connectivity index (χ4n) is 0.475. The lowest BCUT2D eigenvalue weighted by molar-refractivity contribution is -0.133. The van der Waals surface area contributed by atoms with Gasteiger partial charge in [0.2, 0.25) is 0 Å². The van der Waals surface area contributed by atoms with Crippen LogP contribution in [0.15, 0.2) is 13.9 Å². The Morgan fingerprint density at radius 1 is 1.62 bits per heavy atom. The van der Waals surface area contributed by atoms with E-state index in [0.717, 1.165) is 23.3 Å². The molecule has 0 aliphatic heterocycles. The molecule has 0 aromatic carbocycles. The van der Waals surface area contributed by atoms with E-state index in [2.05, 4.69) is 9.36 Å². The summed E-state index contributed by atoms with van der Waals surface area (Å²) in [6.45, 7) is 0. The minimum Gasteiger partial charge on any atom is -0.481 e. The van der Waals surface area contributed by atoms with Gasteiger partial charge in [-0.1, -0.05) is 11.8 Å². The van der Waals surface area contributed by atoms with E-state index in [-0.39, 0.29) is 10.1 Å². The Morgan fingerprint density at radius 3 is 2.85 bits per heavy atom. The van der Waals surface area contributed by atoms with Gasteiger partial charge in [0.15, 0.2) is 4.34 Å². The van der Waals surface area contributed by atoms with Crippen molar-refractivity contribution in [3.63, 3.8) is 0 Å². The fraction of sp³-hybridized carbons (Fsp3) is 0.200. The number of aliphatic carboxylic acids is 1. The number of hydrogen-bond acceptors (Lipinski definition) is 6. The van der Waals surface area contributed by atoms with E-state index in [9.17, 15) is 14.4 Å². The second-order valence-corrected chi connectivity index (χ2v) is 3.92. The number of nitrogens with zero attached hydrogens (tertiary/aromatic N) is 1. The molecule has 2 N–H and O–H groups in total. The van der Waals surface area contributed by atoms with Crippen molar-refractivity contribution in [3.05, 3.63) is 20.7 Å². The number of carboxylic acids is 1. The Balaban J connectivity index is 2.80. The van der Waals surface area contributed by atoms with Gasteiger partial charge in [-0.15, -0.1) is 0 Å². The van der Waals surface area contributed by atoms with E-state index >= 15 is 0 Å². The Kier molecular flexibility index (Phi) is 3.20. The van der Waals surface area contributed by atoms with Gasteiger partial charge in [-0.05, 0) is 11.5 Å². The quantitative estimate of drug-likeness (QED) is 0.519. The number of nitrogens with one attached hydrogen (secondary N) is 1. The van der Waals surface area contributed by atoms with Gasteiger partial charge in [-0.3, -0.25) is 18.8 Å². The van der Waals surface area contributed by atoms with E-state index < -0.39 is 17.1 Å².